The lowest BCUT2D eigenvalue weighted by atomic mass is 10.2. The highest BCUT2D eigenvalue weighted by molar-refractivity contribution is 7.90. The van der Waals surface area contributed by atoms with Crippen LogP contribution < -0.4 is 10.1 Å². The molecule has 0 aliphatic heterocycles. The minimum absolute atomic E-state index is 0. The van der Waals surface area contributed by atoms with Crippen LogP contribution in [0, 0.1) is 11.8 Å². The van der Waals surface area contributed by atoms with Crippen LogP contribution in [-0.4, -0.2) is 36.5 Å². The van der Waals surface area contributed by atoms with Gasteiger partial charge in [0.05, 0.1) is 12.7 Å². The van der Waals surface area contributed by atoms with E-state index < -0.39 is 27.5 Å². The minimum Gasteiger partial charge on any atom is -0.481 e. The molecule has 0 saturated heterocycles. The van der Waals surface area contributed by atoms with Crippen molar-refractivity contribution in [2.75, 3.05) is 14.2 Å². The summed E-state index contributed by atoms with van der Waals surface area (Å²) in [6, 6.07) is 6.82. The van der Waals surface area contributed by atoms with E-state index >= 15 is 0 Å². The van der Waals surface area contributed by atoms with Crippen molar-refractivity contribution in [1.82, 2.24) is 19.3 Å². The quantitative estimate of drug-likeness (QED) is 0.605. The summed E-state index contributed by atoms with van der Waals surface area (Å²) >= 11 is 0. The van der Waals surface area contributed by atoms with Crippen molar-refractivity contribution in [3.8, 4) is 17.1 Å². The summed E-state index contributed by atoms with van der Waals surface area (Å²) in [7, 11) is -1.40. The Balaban J connectivity index is 0.00000280. The second-order valence-corrected chi connectivity index (χ2v) is 7.27. The molecule has 0 atom stereocenters. The van der Waals surface area contributed by atoms with Crippen molar-refractivity contribution in [3.63, 3.8) is 0 Å². The number of nitrogens with zero attached hydrogens (tertiary/aromatic N) is 3. The van der Waals surface area contributed by atoms with E-state index in [0.717, 1.165) is 6.20 Å². The van der Waals surface area contributed by atoms with Crippen molar-refractivity contribution in [2.45, 2.75) is 11.6 Å². The fraction of sp³-hybridized carbons (Fsp3) is 0.176. The van der Waals surface area contributed by atoms with Gasteiger partial charge in [0.15, 0.2) is 10.8 Å². The number of nitrogens with one attached hydrogen (secondary N) is 1. The molecule has 0 spiro atoms. The van der Waals surface area contributed by atoms with E-state index in [0.29, 0.717) is 3.97 Å². The third-order valence-electron chi connectivity index (χ3n) is 3.80. The molecule has 0 aliphatic carbocycles. The largest absolute Gasteiger partial charge is 0.481 e. The first-order chi connectivity index (χ1) is 12.9. The predicted molar refractivity (Wildman–Crippen MR) is 101 cm³/mol. The Bertz CT molecular complexity index is 1090. The van der Waals surface area contributed by atoms with Crippen LogP contribution in [0.25, 0.3) is 11.3 Å². The molecule has 1 N–H and O–H groups in total. The van der Waals surface area contributed by atoms with Gasteiger partial charge >= 0.3 is 0 Å². The monoisotopic (exact) mass is 430 g/mol. The first kappa shape index (κ1) is 21.7. The van der Waals surface area contributed by atoms with E-state index in [1.54, 1.807) is 7.05 Å². The SMILES string of the molecule is CNCc1cn(S(=O)(=O)c2cccc(OC)n2)c(-c2cccnc2F)c1F.Cl. The zero-order valence-corrected chi connectivity index (χ0v) is 16.5. The van der Waals surface area contributed by atoms with E-state index in [4.69, 9.17) is 4.74 Å². The van der Waals surface area contributed by atoms with E-state index in [-0.39, 0.29) is 41.0 Å². The lowest BCUT2D eigenvalue weighted by molar-refractivity contribution is 0.393. The normalized spacial score (nSPS) is 11.1. The standard InChI is InChI=1S/C17H16F2N4O3S.ClH/c1-20-9-11-10-23(16(15(11)18)12-5-4-8-21-17(12)19)27(24,25)14-7-3-6-13(22-14)26-2;/h3-8,10,20H,9H2,1-2H3;1H. The average Bonchev–Trinajstić information content (AvgIpc) is 3.00. The second-order valence-electron chi connectivity index (χ2n) is 5.51. The molecule has 11 heteroatoms. The number of methoxy groups -OCH3 is 1. The lowest BCUT2D eigenvalue weighted by Gasteiger charge is -2.11. The Morgan fingerprint density at radius 2 is 1.96 bits per heavy atom. The summed E-state index contributed by atoms with van der Waals surface area (Å²) < 4.78 is 61.0. The van der Waals surface area contributed by atoms with Crippen molar-refractivity contribution in [2.24, 2.45) is 0 Å². The van der Waals surface area contributed by atoms with Crippen molar-refractivity contribution < 1.29 is 21.9 Å². The highest BCUT2D eigenvalue weighted by atomic mass is 35.5. The molecule has 3 rings (SSSR count). The number of pyridine rings is 2. The summed E-state index contributed by atoms with van der Waals surface area (Å²) in [6.45, 7) is 0.0504. The third kappa shape index (κ3) is 3.84. The highest BCUT2D eigenvalue weighted by Crippen LogP contribution is 2.31. The molecular weight excluding hydrogens is 414 g/mol. The maximum Gasteiger partial charge on any atom is 0.285 e. The summed E-state index contributed by atoms with van der Waals surface area (Å²) in [6.07, 6.45) is 2.29. The van der Waals surface area contributed by atoms with Gasteiger partial charge in [-0.1, -0.05) is 6.07 Å². The molecule has 150 valence electrons. The Morgan fingerprint density at radius 3 is 2.61 bits per heavy atom. The number of hydrogen-bond donors (Lipinski definition) is 1. The molecule has 0 bridgehead atoms. The third-order valence-corrected chi connectivity index (χ3v) is 5.36. The summed E-state index contributed by atoms with van der Waals surface area (Å²) in [5, 5.41) is 2.39. The summed E-state index contributed by atoms with van der Waals surface area (Å²) in [5.74, 6) is -1.77. The van der Waals surface area contributed by atoms with E-state index in [2.05, 4.69) is 15.3 Å². The Morgan fingerprint density at radius 1 is 1.21 bits per heavy atom. The van der Waals surface area contributed by atoms with Crippen LogP contribution in [0.4, 0.5) is 8.78 Å². The Kier molecular flexibility index (Phi) is 6.70. The molecule has 7 nitrogen and oxygen atoms in total. The highest BCUT2D eigenvalue weighted by Gasteiger charge is 2.29. The first-order valence-corrected chi connectivity index (χ1v) is 9.26. The molecule has 3 aromatic heterocycles. The molecule has 0 aliphatic rings. The van der Waals surface area contributed by atoms with Gasteiger partial charge in [0.25, 0.3) is 10.0 Å². The van der Waals surface area contributed by atoms with Crippen molar-refractivity contribution in [1.29, 1.82) is 0 Å². The van der Waals surface area contributed by atoms with Gasteiger partial charge in [0, 0.05) is 30.6 Å². The number of rotatable bonds is 6. The Hall–Kier alpha value is -2.56. The zero-order chi connectivity index (χ0) is 19.6. The molecule has 0 radical (unpaired) electrons. The molecule has 0 unspecified atom stereocenters. The molecular formula is C17H17ClF2N4O3S. The van der Waals surface area contributed by atoms with Crippen LogP contribution >= 0.6 is 12.4 Å². The summed E-state index contributed by atoms with van der Waals surface area (Å²) in [4.78, 5) is 7.39. The molecule has 0 fully saturated rings. The minimum atomic E-state index is -4.32. The Labute approximate surface area is 166 Å². The van der Waals surface area contributed by atoms with Crippen LogP contribution in [0.3, 0.4) is 0 Å². The van der Waals surface area contributed by atoms with Gasteiger partial charge in [0.1, 0.15) is 5.69 Å². The van der Waals surface area contributed by atoms with Crippen molar-refractivity contribution >= 4 is 22.4 Å². The van der Waals surface area contributed by atoms with Crippen molar-refractivity contribution in [3.05, 3.63) is 60.1 Å². The maximum atomic E-state index is 15.0. The fourth-order valence-electron chi connectivity index (χ4n) is 2.57. The van der Waals surface area contributed by atoms with Crippen LogP contribution in [0.2, 0.25) is 0 Å². The number of hydrogen-bond acceptors (Lipinski definition) is 6. The zero-order valence-electron chi connectivity index (χ0n) is 14.9. The van der Waals surface area contributed by atoms with E-state index in [1.807, 2.05) is 0 Å². The lowest BCUT2D eigenvalue weighted by Crippen LogP contribution is -2.16. The van der Waals surface area contributed by atoms with E-state index in [9.17, 15) is 17.2 Å². The molecule has 3 aromatic rings. The van der Waals surface area contributed by atoms with Crippen LogP contribution in [-0.2, 0) is 16.6 Å². The van der Waals surface area contributed by atoms with Gasteiger partial charge in [-0.25, -0.2) is 13.3 Å². The van der Waals surface area contributed by atoms with Gasteiger partial charge in [-0.15, -0.1) is 12.4 Å². The summed E-state index contributed by atoms with van der Waals surface area (Å²) in [5.41, 5.74) is -0.665. The maximum absolute atomic E-state index is 15.0. The molecule has 0 aromatic carbocycles. The van der Waals surface area contributed by atoms with Gasteiger partial charge < -0.3 is 10.1 Å². The number of halogens is 3. The van der Waals surface area contributed by atoms with Crippen LogP contribution in [0.15, 0.2) is 47.8 Å². The number of ether oxygens (including phenoxy) is 1. The molecule has 0 amide bonds. The van der Waals surface area contributed by atoms with Crippen LogP contribution in [0.5, 0.6) is 5.88 Å². The smallest absolute Gasteiger partial charge is 0.285 e. The average molecular weight is 431 g/mol. The molecule has 0 saturated carbocycles. The first-order valence-electron chi connectivity index (χ1n) is 7.82. The number of aromatic nitrogens is 3. The topological polar surface area (TPSA) is 86.1 Å². The predicted octanol–water partition coefficient (Wildman–Crippen LogP) is 2.61. The van der Waals surface area contributed by atoms with Gasteiger partial charge in [0.2, 0.25) is 11.8 Å². The van der Waals surface area contributed by atoms with E-state index in [1.165, 1.54) is 43.6 Å². The fourth-order valence-corrected chi connectivity index (χ4v) is 3.91. The van der Waals surface area contributed by atoms with Crippen LogP contribution in [0.1, 0.15) is 5.56 Å². The molecule has 3 heterocycles. The van der Waals surface area contributed by atoms with Gasteiger partial charge in [-0.2, -0.15) is 17.8 Å². The van der Waals surface area contributed by atoms with Gasteiger partial charge in [-0.3, -0.25) is 0 Å². The molecule has 28 heavy (non-hydrogen) atoms. The second kappa shape index (κ2) is 8.63. The van der Waals surface area contributed by atoms with Gasteiger partial charge in [-0.05, 0) is 25.2 Å².